The molecule has 1 aromatic rings. The van der Waals surface area contributed by atoms with Crippen LogP contribution < -0.4 is 4.90 Å². The van der Waals surface area contributed by atoms with Crippen molar-refractivity contribution in [2.45, 2.75) is 12.8 Å². The van der Waals surface area contributed by atoms with Gasteiger partial charge in [-0.2, -0.15) is 0 Å². The lowest BCUT2D eigenvalue weighted by Crippen LogP contribution is -2.17. The standard InChI is InChI=1S/C9H11BrN2/c10-8-5-9(7-11-6-8)12-3-1-2-4-12/h5-7H,1-4H2. The van der Waals surface area contributed by atoms with E-state index in [0.29, 0.717) is 0 Å². The van der Waals surface area contributed by atoms with Gasteiger partial charge in [0.25, 0.3) is 0 Å². The second-order valence-electron chi connectivity index (χ2n) is 3.06. The fourth-order valence-electron chi connectivity index (χ4n) is 1.55. The summed E-state index contributed by atoms with van der Waals surface area (Å²) in [4.78, 5) is 6.51. The second-order valence-corrected chi connectivity index (χ2v) is 3.97. The van der Waals surface area contributed by atoms with E-state index < -0.39 is 0 Å². The maximum absolute atomic E-state index is 4.14. The number of hydrogen-bond donors (Lipinski definition) is 0. The molecule has 1 aromatic heterocycles. The third-order valence-corrected chi connectivity index (χ3v) is 2.60. The van der Waals surface area contributed by atoms with Crippen LogP contribution in [0.15, 0.2) is 22.9 Å². The molecule has 2 heterocycles. The molecular weight excluding hydrogens is 216 g/mol. The monoisotopic (exact) mass is 226 g/mol. The Morgan fingerprint density at radius 1 is 1.25 bits per heavy atom. The Morgan fingerprint density at radius 3 is 2.67 bits per heavy atom. The first kappa shape index (κ1) is 8.05. The highest BCUT2D eigenvalue weighted by Gasteiger charge is 2.11. The number of aromatic nitrogens is 1. The van der Waals surface area contributed by atoms with Crippen LogP contribution in [0.4, 0.5) is 5.69 Å². The van der Waals surface area contributed by atoms with Crippen molar-refractivity contribution in [3.63, 3.8) is 0 Å². The average Bonchev–Trinajstić information content (AvgIpc) is 2.56. The van der Waals surface area contributed by atoms with E-state index >= 15 is 0 Å². The van der Waals surface area contributed by atoms with Crippen molar-refractivity contribution < 1.29 is 0 Å². The third kappa shape index (κ3) is 1.61. The fourth-order valence-corrected chi connectivity index (χ4v) is 1.90. The van der Waals surface area contributed by atoms with Crippen LogP contribution in [-0.4, -0.2) is 18.1 Å². The quantitative estimate of drug-likeness (QED) is 0.732. The Morgan fingerprint density at radius 2 is 2.00 bits per heavy atom. The molecule has 0 saturated carbocycles. The van der Waals surface area contributed by atoms with E-state index in [1.165, 1.54) is 31.6 Å². The second kappa shape index (κ2) is 3.44. The fraction of sp³-hybridized carbons (Fsp3) is 0.444. The van der Waals surface area contributed by atoms with Crippen LogP contribution in [0.2, 0.25) is 0 Å². The van der Waals surface area contributed by atoms with Crippen LogP contribution in [0.3, 0.4) is 0 Å². The Hall–Kier alpha value is -0.570. The Bertz CT molecular complexity index is 269. The predicted octanol–water partition coefficient (Wildman–Crippen LogP) is 2.44. The van der Waals surface area contributed by atoms with Crippen molar-refractivity contribution in [1.29, 1.82) is 0 Å². The smallest absolute Gasteiger partial charge is 0.0564 e. The van der Waals surface area contributed by atoms with E-state index in [-0.39, 0.29) is 0 Å². The lowest BCUT2D eigenvalue weighted by molar-refractivity contribution is 0.949. The molecule has 0 aliphatic carbocycles. The SMILES string of the molecule is Brc1cncc(N2CCCC2)c1. The number of halogens is 1. The van der Waals surface area contributed by atoms with Crippen molar-refractivity contribution >= 4 is 21.6 Å². The minimum atomic E-state index is 1.06. The summed E-state index contributed by atoms with van der Waals surface area (Å²) in [7, 11) is 0. The summed E-state index contributed by atoms with van der Waals surface area (Å²) < 4.78 is 1.06. The first-order chi connectivity index (χ1) is 5.86. The van der Waals surface area contributed by atoms with E-state index in [0.717, 1.165) is 4.47 Å². The molecule has 2 rings (SSSR count). The molecule has 1 aliphatic rings. The molecular formula is C9H11BrN2. The number of anilines is 1. The molecule has 0 aromatic carbocycles. The first-order valence-corrected chi connectivity index (χ1v) is 5.01. The molecule has 1 saturated heterocycles. The van der Waals surface area contributed by atoms with E-state index in [1.807, 2.05) is 12.4 Å². The summed E-state index contributed by atoms with van der Waals surface area (Å²) in [5, 5.41) is 0. The zero-order valence-corrected chi connectivity index (χ0v) is 8.42. The number of pyridine rings is 1. The van der Waals surface area contributed by atoms with Crippen LogP contribution in [0.5, 0.6) is 0 Å². The summed E-state index contributed by atoms with van der Waals surface area (Å²) in [5.74, 6) is 0. The van der Waals surface area contributed by atoms with Gasteiger partial charge in [0.2, 0.25) is 0 Å². The van der Waals surface area contributed by atoms with Crippen LogP contribution >= 0.6 is 15.9 Å². The van der Waals surface area contributed by atoms with E-state index in [1.54, 1.807) is 0 Å². The van der Waals surface area contributed by atoms with Gasteiger partial charge in [-0.1, -0.05) is 0 Å². The zero-order chi connectivity index (χ0) is 8.39. The molecule has 1 aliphatic heterocycles. The third-order valence-electron chi connectivity index (χ3n) is 2.16. The van der Waals surface area contributed by atoms with Gasteiger partial charge in [-0.15, -0.1) is 0 Å². The Kier molecular flexibility index (Phi) is 2.30. The van der Waals surface area contributed by atoms with E-state index in [2.05, 4.69) is 31.9 Å². The lowest BCUT2D eigenvalue weighted by Gasteiger charge is -2.16. The van der Waals surface area contributed by atoms with Crippen molar-refractivity contribution in [2.75, 3.05) is 18.0 Å². The van der Waals surface area contributed by atoms with Gasteiger partial charge >= 0.3 is 0 Å². The van der Waals surface area contributed by atoms with Crippen molar-refractivity contribution in [3.05, 3.63) is 22.9 Å². The summed E-state index contributed by atoms with van der Waals surface area (Å²) >= 11 is 3.42. The van der Waals surface area contributed by atoms with Crippen LogP contribution in [0, 0.1) is 0 Å². The minimum absolute atomic E-state index is 1.06. The molecule has 2 nitrogen and oxygen atoms in total. The molecule has 64 valence electrons. The van der Waals surface area contributed by atoms with Gasteiger partial charge in [-0.25, -0.2) is 0 Å². The highest BCUT2D eigenvalue weighted by Crippen LogP contribution is 2.21. The molecule has 0 N–H and O–H groups in total. The Labute approximate surface area is 80.7 Å². The minimum Gasteiger partial charge on any atom is -0.370 e. The molecule has 0 radical (unpaired) electrons. The van der Waals surface area contributed by atoms with Crippen molar-refractivity contribution in [1.82, 2.24) is 4.98 Å². The largest absolute Gasteiger partial charge is 0.370 e. The van der Waals surface area contributed by atoms with Gasteiger partial charge in [-0.3, -0.25) is 4.98 Å². The molecule has 12 heavy (non-hydrogen) atoms. The van der Waals surface area contributed by atoms with Gasteiger partial charge < -0.3 is 4.90 Å². The highest BCUT2D eigenvalue weighted by molar-refractivity contribution is 9.10. The van der Waals surface area contributed by atoms with Crippen LogP contribution in [0.25, 0.3) is 0 Å². The summed E-state index contributed by atoms with van der Waals surface area (Å²) in [6.45, 7) is 2.36. The van der Waals surface area contributed by atoms with E-state index in [4.69, 9.17) is 0 Å². The summed E-state index contributed by atoms with van der Waals surface area (Å²) in [6, 6.07) is 2.12. The number of rotatable bonds is 1. The molecule has 0 unspecified atom stereocenters. The van der Waals surface area contributed by atoms with Gasteiger partial charge in [0.1, 0.15) is 0 Å². The lowest BCUT2D eigenvalue weighted by atomic mass is 10.4. The highest BCUT2D eigenvalue weighted by atomic mass is 79.9. The normalized spacial score (nSPS) is 16.9. The topological polar surface area (TPSA) is 16.1 Å². The van der Waals surface area contributed by atoms with Gasteiger partial charge in [-0.05, 0) is 34.8 Å². The number of nitrogens with zero attached hydrogens (tertiary/aromatic N) is 2. The maximum Gasteiger partial charge on any atom is 0.0564 e. The van der Waals surface area contributed by atoms with Gasteiger partial charge in [0.15, 0.2) is 0 Å². The average molecular weight is 227 g/mol. The van der Waals surface area contributed by atoms with Crippen LogP contribution in [-0.2, 0) is 0 Å². The van der Waals surface area contributed by atoms with Crippen molar-refractivity contribution in [3.8, 4) is 0 Å². The summed E-state index contributed by atoms with van der Waals surface area (Å²) in [5.41, 5.74) is 1.24. The van der Waals surface area contributed by atoms with E-state index in [9.17, 15) is 0 Å². The summed E-state index contributed by atoms with van der Waals surface area (Å²) in [6.07, 6.45) is 6.37. The zero-order valence-electron chi connectivity index (χ0n) is 6.83. The van der Waals surface area contributed by atoms with Crippen molar-refractivity contribution in [2.24, 2.45) is 0 Å². The van der Waals surface area contributed by atoms with Gasteiger partial charge in [0.05, 0.1) is 11.9 Å². The first-order valence-electron chi connectivity index (χ1n) is 4.22. The Balaban J connectivity index is 2.21. The predicted molar refractivity (Wildman–Crippen MR) is 53.4 cm³/mol. The molecule has 0 spiro atoms. The maximum atomic E-state index is 4.14. The molecule has 3 heteroatoms. The molecule has 0 atom stereocenters. The number of hydrogen-bond acceptors (Lipinski definition) is 2. The van der Waals surface area contributed by atoms with Crippen LogP contribution in [0.1, 0.15) is 12.8 Å². The molecule has 0 bridgehead atoms. The molecule has 1 fully saturated rings. The van der Waals surface area contributed by atoms with Gasteiger partial charge in [0, 0.05) is 23.8 Å². The molecule has 0 amide bonds.